The van der Waals surface area contributed by atoms with Crippen LogP contribution < -0.4 is 5.32 Å². The van der Waals surface area contributed by atoms with Gasteiger partial charge in [0.05, 0.1) is 0 Å². The van der Waals surface area contributed by atoms with E-state index in [1.54, 1.807) is 7.11 Å². The first-order valence-electron chi connectivity index (χ1n) is 9.12. The summed E-state index contributed by atoms with van der Waals surface area (Å²) in [5.41, 5.74) is 5.42. The summed E-state index contributed by atoms with van der Waals surface area (Å²) in [6.45, 7) is 6.26. The van der Waals surface area contributed by atoms with E-state index < -0.39 is 0 Å². The number of halogens is 1. The van der Waals surface area contributed by atoms with Crippen molar-refractivity contribution < 1.29 is 9.53 Å². The number of carbonyl (C=O) groups excluding carboxylic acids is 1. The lowest BCUT2D eigenvalue weighted by Gasteiger charge is -2.09. The van der Waals surface area contributed by atoms with Crippen LogP contribution in [-0.4, -0.2) is 30.7 Å². The van der Waals surface area contributed by atoms with Gasteiger partial charge < -0.3 is 14.6 Å². The van der Waals surface area contributed by atoms with Crippen molar-refractivity contribution >= 4 is 28.4 Å². The lowest BCUT2D eigenvalue weighted by molar-refractivity contribution is 0.0948. The van der Waals surface area contributed by atoms with Crippen LogP contribution in [0.4, 0.5) is 0 Å². The van der Waals surface area contributed by atoms with E-state index >= 15 is 0 Å². The summed E-state index contributed by atoms with van der Waals surface area (Å²) < 4.78 is 7.30. The molecule has 0 saturated heterocycles. The van der Waals surface area contributed by atoms with Gasteiger partial charge in [-0.2, -0.15) is 0 Å². The molecule has 0 aliphatic rings. The predicted octanol–water partition coefficient (Wildman–Crippen LogP) is 4.73. The molecule has 0 bridgehead atoms. The van der Waals surface area contributed by atoms with E-state index in [4.69, 9.17) is 16.3 Å². The topological polar surface area (TPSA) is 43.3 Å². The molecule has 1 amide bonds. The van der Waals surface area contributed by atoms with Gasteiger partial charge in [-0.3, -0.25) is 4.79 Å². The SMILES string of the molecule is COCCCNC(=O)c1ccc2c(c1)c(C)c(C)n2Cc1ccc(Cl)cc1. The van der Waals surface area contributed by atoms with Crippen LogP contribution in [0.1, 0.15) is 33.6 Å². The number of methoxy groups -OCH3 is 1. The van der Waals surface area contributed by atoms with Crippen LogP contribution in [0.2, 0.25) is 5.02 Å². The van der Waals surface area contributed by atoms with Crippen LogP contribution in [0, 0.1) is 13.8 Å². The van der Waals surface area contributed by atoms with Gasteiger partial charge >= 0.3 is 0 Å². The van der Waals surface area contributed by atoms with Crippen LogP contribution >= 0.6 is 11.6 Å². The third-order valence-electron chi connectivity index (χ3n) is 4.97. The number of aryl methyl sites for hydroxylation is 1. The first-order valence-corrected chi connectivity index (χ1v) is 9.50. The Morgan fingerprint density at radius 3 is 2.59 bits per heavy atom. The monoisotopic (exact) mass is 384 g/mol. The molecule has 2 aromatic carbocycles. The van der Waals surface area contributed by atoms with Crippen molar-refractivity contribution in [3.05, 3.63) is 69.9 Å². The van der Waals surface area contributed by atoms with Gasteiger partial charge in [-0.25, -0.2) is 0 Å². The van der Waals surface area contributed by atoms with Gasteiger partial charge in [0.2, 0.25) is 0 Å². The Morgan fingerprint density at radius 1 is 1.15 bits per heavy atom. The Balaban J connectivity index is 1.86. The molecule has 0 unspecified atom stereocenters. The van der Waals surface area contributed by atoms with E-state index in [1.165, 1.54) is 16.8 Å². The Hall–Kier alpha value is -2.30. The maximum atomic E-state index is 12.4. The summed E-state index contributed by atoms with van der Waals surface area (Å²) in [4.78, 5) is 12.4. The van der Waals surface area contributed by atoms with Gasteiger partial charge in [-0.15, -0.1) is 0 Å². The number of rotatable bonds is 7. The Morgan fingerprint density at radius 2 is 1.89 bits per heavy atom. The molecule has 5 heteroatoms. The minimum atomic E-state index is -0.0458. The van der Waals surface area contributed by atoms with E-state index in [9.17, 15) is 4.79 Å². The van der Waals surface area contributed by atoms with Gasteiger partial charge in [-0.1, -0.05) is 23.7 Å². The lowest BCUT2D eigenvalue weighted by Crippen LogP contribution is -2.25. The standard InChI is InChI=1S/C22H25ClN2O2/c1-15-16(2)25(14-17-5-8-19(23)9-6-17)21-10-7-18(13-20(15)21)22(26)24-11-4-12-27-3/h5-10,13H,4,11-12,14H2,1-3H3,(H,24,26). The second-order valence-electron chi connectivity index (χ2n) is 6.76. The van der Waals surface area contributed by atoms with Crippen LogP contribution in [-0.2, 0) is 11.3 Å². The molecule has 0 saturated carbocycles. The second kappa shape index (κ2) is 8.59. The molecule has 0 aliphatic heterocycles. The van der Waals surface area contributed by atoms with Crippen molar-refractivity contribution in [1.82, 2.24) is 9.88 Å². The first-order chi connectivity index (χ1) is 13.0. The second-order valence-corrected chi connectivity index (χ2v) is 7.19. The molecular weight excluding hydrogens is 360 g/mol. The molecule has 0 atom stereocenters. The summed E-state index contributed by atoms with van der Waals surface area (Å²) in [7, 11) is 1.66. The third-order valence-corrected chi connectivity index (χ3v) is 5.22. The van der Waals surface area contributed by atoms with Gasteiger partial charge in [0.1, 0.15) is 0 Å². The molecule has 1 heterocycles. The third kappa shape index (κ3) is 4.34. The number of carbonyl (C=O) groups is 1. The number of nitrogens with one attached hydrogen (secondary N) is 1. The maximum absolute atomic E-state index is 12.4. The van der Waals surface area contributed by atoms with Gasteiger partial charge in [0.15, 0.2) is 0 Å². The lowest BCUT2D eigenvalue weighted by atomic mass is 10.1. The average molecular weight is 385 g/mol. The maximum Gasteiger partial charge on any atom is 0.251 e. The summed E-state index contributed by atoms with van der Waals surface area (Å²) >= 11 is 5.99. The molecular formula is C22H25ClN2O2. The van der Waals surface area contributed by atoms with E-state index in [-0.39, 0.29) is 5.91 Å². The van der Waals surface area contributed by atoms with Crippen LogP contribution in [0.25, 0.3) is 10.9 Å². The fraction of sp³-hybridized carbons (Fsp3) is 0.318. The largest absolute Gasteiger partial charge is 0.385 e. The quantitative estimate of drug-likeness (QED) is 0.598. The highest BCUT2D eigenvalue weighted by Crippen LogP contribution is 2.27. The average Bonchev–Trinajstić information content (AvgIpc) is 2.91. The highest BCUT2D eigenvalue weighted by Gasteiger charge is 2.14. The van der Waals surface area contributed by atoms with E-state index in [0.29, 0.717) is 18.7 Å². The van der Waals surface area contributed by atoms with Crippen molar-refractivity contribution in [3.63, 3.8) is 0 Å². The number of ether oxygens (including phenoxy) is 1. The summed E-state index contributed by atoms with van der Waals surface area (Å²) in [5.74, 6) is -0.0458. The summed E-state index contributed by atoms with van der Waals surface area (Å²) in [5, 5.41) is 4.80. The molecule has 3 aromatic rings. The number of benzene rings is 2. The molecule has 1 N–H and O–H groups in total. The molecule has 0 radical (unpaired) electrons. The van der Waals surface area contributed by atoms with Crippen molar-refractivity contribution in [1.29, 1.82) is 0 Å². The van der Waals surface area contributed by atoms with Crippen molar-refractivity contribution in [2.24, 2.45) is 0 Å². The summed E-state index contributed by atoms with van der Waals surface area (Å²) in [6.07, 6.45) is 0.806. The smallest absolute Gasteiger partial charge is 0.251 e. The molecule has 1 aromatic heterocycles. The Bertz CT molecular complexity index is 945. The predicted molar refractivity (Wildman–Crippen MR) is 111 cm³/mol. The normalized spacial score (nSPS) is 11.1. The summed E-state index contributed by atoms with van der Waals surface area (Å²) in [6, 6.07) is 13.8. The van der Waals surface area contributed by atoms with Gasteiger partial charge in [0, 0.05) is 54.0 Å². The molecule has 0 spiro atoms. The zero-order valence-corrected chi connectivity index (χ0v) is 16.8. The van der Waals surface area contributed by atoms with Crippen LogP contribution in [0.5, 0.6) is 0 Å². The number of aromatic nitrogens is 1. The van der Waals surface area contributed by atoms with E-state index in [1.807, 2.05) is 42.5 Å². The molecule has 142 valence electrons. The van der Waals surface area contributed by atoms with E-state index in [0.717, 1.165) is 28.9 Å². The van der Waals surface area contributed by atoms with Crippen LogP contribution in [0.15, 0.2) is 42.5 Å². The Labute approximate surface area is 165 Å². The number of fused-ring (bicyclic) bond motifs is 1. The fourth-order valence-electron chi connectivity index (χ4n) is 3.29. The number of amides is 1. The highest BCUT2D eigenvalue weighted by atomic mass is 35.5. The molecule has 0 aliphatic carbocycles. The van der Waals surface area contributed by atoms with Crippen LogP contribution in [0.3, 0.4) is 0 Å². The number of nitrogens with zero attached hydrogens (tertiary/aromatic N) is 1. The molecule has 3 rings (SSSR count). The number of hydrogen-bond acceptors (Lipinski definition) is 2. The minimum Gasteiger partial charge on any atom is -0.385 e. The minimum absolute atomic E-state index is 0.0458. The molecule has 4 nitrogen and oxygen atoms in total. The van der Waals surface area contributed by atoms with E-state index in [2.05, 4.69) is 23.7 Å². The van der Waals surface area contributed by atoms with Crippen molar-refractivity contribution in [2.75, 3.05) is 20.3 Å². The molecule has 0 fully saturated rings. The van der Waals surface area contributed by atoms with Gasteiger partial charge in [0.25, 0.3) is 5.91 Å². The first kappa shape index (κ1) is 19.5. The zero-order chi connectivity index (χ0) is 19.4. The van der Waals surface area contributed by atoms with Crippen molar-refractivity contribution in [3.8, 4) is 0 Å². The molecule has 27 heavy (non-hydrogen) atoms. The Kier molecular flexibility index (Phi) is 6.19. The van der Waals surface area contributed by atoms with Crippen molar-refractivity contribution in [2.45, 2.75) is 26.8 Å². The highest BCUT2D eigenvalue weighted by molar-refractivity contribution is 6.30. The van der Waals surface area contributed by atoms with Gasteiger partial charge in [-0.05, 0) is 61.7 Å². The zero-order valence-electron chi connectivity index (χ0n) is 16.0. The fourth-order valence-corrected chi connectivity index (χ4v) is 3.41. The number of hydrogen-bond donors (Lipinski definition) is 1.